The molecule has 0 spiro atoms. The number of benzene rings is 1. The molecule has 0 aliphatic carbocycles. The van der Waals surface area contributed by atoms with Gasteiger partial charge in [-0.05, 0) is 45.4 Å². The number of rotatable bonds is 4. The first kappa shape index (κ1) is 14.9. The van der Waals surface area contributed by atoms with Gasteiger partial charge in [0.2, 0.25) is 0 Å². The van der Waals surface area contributed by atoms with Gasteiger partial charge < -0.3 is 15.4 Å². The first-order chi connectivity index (χ1) is 9.40. The summed E-state index contributed by atoms with van der Waals surface area (Å²) < 4.78 is 5.40. The van der Waals surface area contributed by atoms with Gasteiger partial charge in [-0.25, -0.2) is 0 Å². The number of carbonyl (C=O) groups is 1. The fourth-order valence-electron chi connectivity index (χ4n) is 2.71. The zero-order valence-electron chi connectivity index (χ0n) is 12.6. The molecule has 0 aromatic heterocycles. The van der Waals surface area contributed by atoms with Gasteiger partial charge >= 0.3 is 5.97 Å². The summed E-state index contributed by atoms with van der Waals surface area (Å²) in [4.78, 5) is 14.1. The summed E-state index contributed by atoms with van der Waals surface area (Å²) in [7, 11) is 0. The second-order valence-corrected chi connectivity index (χ2v) is 6.30. The van der Waals surface area contributed by atoms with Crippen molar-refractivity contribution in [2.75, 3.05) is 24.5 Å². The molecule has 1 aromatic rings. The van der Waals surface area contributed by atoms with Crippen molar-refractivity contribution in [3.05, 3.63) is 29.8 Å². The van der Waals surface area contributed by atoms with E-state index in [-0.39, 0.29) is 5.97 Å². The Morgan fingerprint density at radius 1 is 1.40 bits per heavy atom. The zero-order valence-corrected chi connectivity index (χ0v) is 12.6. The number of nitrogens with two attached hydrogens (primary N) is 1. The Hall–Kier alpha value is -1.55. The van der Waals surface area contributed by atoms with E-state index in [4.69, 9.17) is 10.5 Å². The number of ether oxygens (including phenoxy) is 1. The molecule has 110 valence electrons. The van der Waals surface area contributed by atoms with Crippen LogP contribution in [0.1, 0.15) is 38.7 Å². The third kappa shape index (κ3) is 3.51. The van der Waals surface area contributed by atoms with Gasteiger partial charge in [0.05, 0.1) is 0 Å². The second kappa shape index (κ2) is 5.83. The Labute approximate surface area is 120 Å². The van der Waals surface area contributed by atoms with E-state index in [9.17, 15) is 4.79 Å². The van der Waals surface area contributed by atoms with Crippen LogP contribution in [0.2, 0.25) is 0 Å². The van der Waals surface area contributed by atoms with Gasteiger partial charge in [0.15, 0.2) is 0 Å². The molecule has 0 radical (unpaired) electrons. The summed E-state index contributed by atoms with van der Waals surface area (Å²) in [5.74, 6) is 0.235. The minimum absolute atomic E-state index is 0.180. The van der Waals surface area contributed by atoms with Gasteiger partial charge in [-0.2, -0.15) is 0 Å². The van der Waals surface area contributed by atoms with Crippen LogP contribution in [0.15, 0.2) is 24.3 Å². The van der Waals surface area contributed by atoms with Gasteiger partial charge in [0.1, 0.15) is 12.1 Å². The summed E-state index contributed by atoms with van der Waals surface area (Å²) in [5.41, 5.74) is 7.68. The maximum Gasteiger partial charge on any atom is 0.326 e. The molecule has 20 heavy (non-hydrogen) atoms. The number of para-hydroxylation sites is 1. The van der Waals surface area contributed by atoms with Crippen LogP contribution in [0.3, 0.4) is 0 Å². The highest BCUT2D eigenvalue weighted by Crippen LogP contribution is 2.37. The third-order valence-corrected chi connectivity index (χ3v) is 3.41. The Kier molecular flexibility index (Phi) is 4.33. The van der Waals surface area contributed by atoms with E-state index in [0.29, 0.717) is 19.0 Å². The van der Waals surface area contributed by atoms with Gasteiger partial charge in [0, 0.05) is 18.2 Å². The molecule has 0 amide bonds. The lowest BCUT2D eigenvalue weighted by atomic mass is 9.98. The predicted octanol–water partition coefficient (Wildman–Crippen LogP) is 2.28. The van der Waals surface area contributed by atoms with Crippen LogP contribution in [-0.2, 0) is 9.53 Å². The fourth-order valence-corrected chi connectivity index (χ4v) is 2.71. The fraction of sp³-hybridized carbons (Fsp3) is 0.562. The molecule has 2 N–H and O–H groups in total. The third-order valence-electron chi connectivity index (χ3n) is 3.41. The van der Waals surface area contributed by atoms with Crippen molar-refractivity contribution in [2.45, 2.75) is 38.7 Å². The molecule has 1 aliphatic heterocycles. The number of fused-ring (bicyclic) bond motifs is 1. The van der Waals surface area contributed by atoms with Crippen molar-refractivity contribution in [2.24, 2.45) is 5.73 Å². The zero-order chi connectivity index (χ0) is 14.8. The maximum atomic E-state index is 12.0. The van der Waals surface area contributed by atoms with Crippen LogP contribution < -0.4 is 10.6 Å². The molecule has 1 unspecified atom stereocenters. The number of carbonyl (C=O) groups excluding carboxylic acids is 1. The smallest absolute Gasteiger partial charge is 0.326 e. The van der Waals surface area contributed by atoms with Gasteiger partial charge in [-0.15, -0.1) is 0 Å². The number of nitrogens with zero attached hydrogens (tertiary/aromatic N) is 1. The van der Waals surface area contributed by atoms with Crippen LogP contribution in [0, 0.1) is 0 Å². The molecule has 4 heteroatoms. The van der Waals surface area contributed by atoms with Crippen LogP contribution in [0.5, 0.6) is 0 Å². The Balaban J connectivity index is 2.09. The lowest BCUT2D eigenvalue weighted by molar-refractivity contribution is -0.152. The van der Waals surface area contributed by atoms with E-state index in [0.717, 1.165) is 18.7 Å². The number of hydrogen-bond acceptors (Lipinski definition) is 4. The monoisotopic (exact) mass is 276 g/mol. The second-order valence-electron chi connectivity index (χ2n) is 6.30. The Morgan fingerprint density at radius 3 is 2.75 bits per heavy atom. The molecule has 1 atom stereocenters. The van der Waals surface area contributed by atoms with Crippen molar-refractivity contribution in [1.82, 2.24) is 0 Å². The van der Waals surface area contributed by atoms with Crippen LogP contribution >= 0.6 is 0 Å². The molecule has 0 fully saturated rings. The molecular weight excluding hydrogens is 252 g/mol. The summed E-state index contributed by atoms with van der Waals surface area (Å²) in [6.45, 7) is 7.48. The summed E-state index contributed by atoms with van der Waals surface area (Å²) in [5, 5.41) is 0. The van der Waals surface area contributed by atoms with Gasteiger partial charge in [0.25, 0.3) is 0 Å². The van der Waals surface area contributed by atoms with Gasteiger partial charge in [-0.3, -0.25) is 4.79 Å². The molecule has 1 aromatic carbocycles. The molecule has 1 heterocycles. The molecule has 0 saturated heterocycles. The highest BCUT2D eigenvalue weighted by Gasteiger charge is 2.29. The topological polar surface area (TPSA) is 55.6 Å². The minimum atomic E-state index is -0.438. The number of hydrogen-bond donors (Lipinski definition) is 1. The molecule has 0 saturated carbocycles. The van der Waals surface area contributed by atoms with Crippen LogP contribution in [0.4, 0.5) is 5.69 Å². The molecular formula is C16H24N2O2. The molecule has 1 aliphatic rings. The van der Waals surface area contributed by atoms with Gasteiger partial charge in [-0.1, -0.05) is 18.2 Å². The van der Waals surface area contributed by atoms with Crippen molar-refractivity contribution in [3.63, 3.8) is 0 Å². The number of esters is 1. The summed E-state index contributed by atoms with van der Waals surface area (Å²) in [6, 6.07) is 8.24. The quantitative estimate of drug-likeness (QED) is 0.857. The number of anilines is 1. The lowest BCUT2D eigenvalue weighted by Crippen LogP contribution is -2.34. The van der Waals surface area contributed by atoms with Crippen LogP contribution in [-0.4, -0.2) is 31.2 Å². The van der Waals surface area contributed by atoms with Crippen molar-refractivity contribution in [3.8, 4) is 0 Å². The maximum absolute atomic E-state index is 12.0. The molecule has 0 bridgehead atoms. The summed E-state index contributed by atoms with van der Waals surface area (Å²) >= 11 is 0. The Morgan fingerprint density at radius 2 is 2.10 bits per heavy atom. The summed E-state index contributed by atoms with van der Waals surface area (Å²) in [6.07, 6.45) is 0.946. The highest BCUT2D eigenvalue weighted by molar-refractivity contribution is 5.78. The minimum Gasteiger partial charge on any atom is -0.459 e. The van der Waals surface area contributed by atoms with E-state index >= 15 is 0 Å². The SMILES string of the molecule is CC(C)(C)OC(=O)CN1CC(CCN)c2ccccc21. The first-order valence-corrected chi connectivity index (χ1v) is 7.16. The van der Waals surface area contributed by atoms with E-state index in [1.165, 1.54) is 5.56 Å². The predicted molar refractivity (Wildman–Crippen MR) is 80.9 cm³/mol. The van der Waals surface area contributed by atoms with E-state index in [2.05, 4.69) is 17.0 Å². The Bertz CT molecular complexity index is 480. The lowest BCUT2D eigenvalue weighted by Gasteiger charge is -2.24. The average Bonchev–Trinajstić information content (AvgIpc) is 2.66. The van der Waals surface area contributed by atoms with E-state index in [1.54, 1.807) is 0 Å². The standard InChI is InChI=1S/C16H24N2O2/c1-16(2,3)20-15(19)11-18-10-12(8-9-17)13-6-4-5-7-14(13)18/h4-7,12H,8-11,17H2,1-3H3. The molecule has 4 nitrogen and oxygen atoms in total. The highest BCUT2D eigenvalue weighted by atomic mass is 16.6. The van der Waals surface area contributed by atoms with E-state index in [1.807, 2.05) is 32.9 Å². The van der Waals surface area contributed by atoms with Crippen molar-refractivity contribution >= 4 is 11.7 Å². The first-order valence-electron chi connectivity index (χ1n) is 7.16. The normalized spacial score (nSPS) is 18.0. The van der Waals surface area contributed by atoms with Crippen molar-refractivity contribution < 1.29 is 9.53 Å². The van der Waals surface area contributed by atoms with Crippen LogP contribution in [0.25, 0.3) is 0 Å². The average molecular weight is 276 g/mol. The van der Waals surface area contributed by atoms with Crippen molar-refractivity contribution in [1.29, 1.82) is 0 Å². The molecule has 2 rings (SSSR count). The van der Waals surface area contributed by atoms with E-state index < -0.39 is 5.60 Å². The largest absolute Gasteiger partial charge is 0.459 e.